The summed E-state index contributed by atoms with van der Waals surface area (Å²) in [5.41, 5.74) is 4.15. The van der Waals surface area contributed by atoms with Gasteiger partial charge >= 0.3 is 0 Å². The van der Waals surface area contributed by atoms with E-state index >= 15 is 0 Å². The molecule has 3 nitrogen and oxygen atoms in total. The number of nitrogens with zero attached hydrogens (tertiary/aromatic N) is 3. The van der Waals surface area contributed by atoms with Gasteiger partial charge in [0.15, 0.2) is 5.65 Å². The van der Waals surface area contributed by atoms with Crippen molar-refractivity contribution in [2.24, 2.45) is 0 Å². The lowest BCUT2D eigenvalue weighted by Gasteiger charge is -2.02. The van der Waals surface area contributed by atoms with Crippen LogP contribution < -0.4 is 0 Å². The van der Waals surface area contributed by atoms with Crippen molar-refractivity contribution in [2.75, 3.05) is 0 Å². The van der Waals surface area contributed by atoms with Gasteiger partial charge < -0.3 is 0 Å². The van der Waals surface area contributed by atoms with Gasteiger partial charge in [0.05, 0.1) is 17.5 Å². The minimum absolute atomic E-state index is 0.675. The normalized spacial score (nSPS) is 11.4. The first-order chi connectivity index (χ1) is 10.2. The molecule has 104 valence electrons. The van der Waals surface area contributed by atoms with Crippen LogP contribution in [0.1, 0.15) is 25.1 Å². The number of rotatable bonds is 3. The number of fused-ring (bicyclic) bond motifs is 1. The zero-order chi connectivity index (χ0) is 15.2. The lowest BCUT2D eigenvalue weighted by atomic mass is 10.1. The van der Waals surface area contributed by atoms with Gasteiger partial charge in [-0.05, 0) is 25.5 Å². The van der Waals surface area contributed by atoms with Crippen molar-refractivity contribution in [1.29, 1.82) is 0 Å². The van der Waals surface area contributed by atoms with E-state index in [9.17, 15) is 0 Å². The molecule has 2 aromatic rings. The van der Waals surface area contributed by atoms with E-state index in [4.69, 9.17) is 0 Å². The number of aromatic nitrogens is 3. The van der Waals surface area contributed by atoms with Gasteiger partial charge in [-0.15, -0.1) is 0 Å². The molecule has 21 heavy (non-hydrogen) atoms. The minimum atomic E-state index is 0.675. The molecular formula is C18H17N3. The van der Waals surface area contributed by atoms with Crippen molar-refractivity contribution in [3.8, 4) is 11.8 Å². The zero-order valence-corrected chi connectivity index (χ0v) is 12.3. The molecule has 2 rings (SSSR count). The van der Waals surface area contributed by atoms with Crippen molar-refractivity contribution >= 4 is 11.2 Å². The van der Waals surface area contributed by atoms with Crippen LogP contribution in [-0.2, 0) is 0 Å². The van der Waals surface area contributed by atoms with Crippen molar-refractivity contribution in [2.45, 2.75) is 13.8 Å². The average Bonchev–Trinajstić information content (AvgIpc) is 2.92. The molecule has 2 heterocycles. The molecule has 0 unspecified atom stereocenters. The van der Waals surface area contributed by atoms with Gasteiger partial charge in [-0.2, -0.15) is 5.10 Å². The van der Waals surface area contributed by atoms with E-state index in [1.165, 1.54) is 0 Å². The molecule has 0 amide bonds. The third-order valence-electron chi connectivity index (χ3n) is 2.93. The van der Waals surface area contributed by atoms with Crippen LogP contribution in [0.25, 0.3) is 11.2 Å². The summed E-state index contributed by atoms with van der Waals surface area (Å²) >= 11 is 0. The monoisotopic (exact) mass is 275 g/mol. The largest absolute Gasteiger partial charge is 0.227 e. The SMILES string of the molecule is C=CC(=C)C#Cc1cnn2ccc(C(C=CC)=CC)nc12. The summed E-state index contributed by atoms with van der Waals surface area (Å²) in [7, 11) is 0. The Morgan fingerprint density at radius 3 is 2.86 bits per heavy atom. The third-order valence-corrected chi connectivity index (χ3v) is 2.93. The Balaban J connectivity index is 2.53. The van der Waals surface area contributed by atoms with E-state index in [1.807, 2.05) is 44.3 Å². The van der Waals surface area contributed by atoms with Crippen LogP contribution in [0, 0.1) is 11.8 Å². The molecule has 0 spiro atoms. The first kappa shape index (κ1) is 14.5. The van der Waals surface area contributed by atoms with Gasteiger partial charge in [-0.1, -0.05) is 49.3 Å². The van der Waals surface area contributed by atoms with E-state index < -0.39 is 0 Å². The highest BCUT2D eigenvalue weighted by Crippen LogP contribution is 2.16. The predicted molar refractivity (Wildman–Crippen MR) is 87.7 cm³/mol. The lowest BCUT2D eigenvalue weighted by Crippen LogP contribution is -1.94. The molecule has 0 N–H and O–H groups in total. The zero-order valence-electron chi connectivity index (χ0n) is 12.3. The van der Waals surface area contributed by atoms with Gasteiger partial charge in [0.2, 0.25) is 0 Å². The highest BCUT2D eigenvalue weighted by atomic mass is 15.2. The maximum Gasteiger partial charge on any atom is 0.171 e. The molecule has 0 atom stereocenters. The number of allylic oxidation sites excluding steroid dienone is 6. The second-order valence-electron chi connectivity index (χ2n) is 4.36. The molecule has 0 saturated heterocycles. The Labute approximate surface area is 125 Å². The maximum atomic E-state index is 4.65. The third kappa shape index (κ3) is 3.18. The highest BCUT2D eigenvalue weighted by Gasteiger charge is 2.06. The van der Waals surface area contributed by atoms with Gasteiger partial charge in [0.25, 0.3) is 0 Å². The van der Waals surface area contributed by atoms with Crippen molar-refractivity contribution < 1.29 is 0 Å². The molecule has 0 saturated carbocycles. The van der Waals surface area contributed by atoms with Crippen LogP contribution in [0.15, 0.2) is 61.5 Å². The van der Waals surface area contributed by atoms with Crippen LogP contribution >= 0.6 is 0 Å². The first-order valence-electron chi connectivity index (χ1n) is 6.66. The molecule has 3 heteroatoms. The molecule has 0 fully saturated rings. The number of hydrogen-bond acceptors (Lipinski definition) is 2. The van der Waals surface area contributed by atoms with Gasteiger partial charge in [-0.3, -0.25) is 0 Å². The Morgan fingerprint density at radius 2 is 2.19 bits per heavy atom. The summed E-state index contributed by atoms with van der Waals surface area (Å²) in [6, 6.07) is 1.94. The summed E-state index contributed by atoms with van der Waals surface area (Å²) in [5, 5.41) is 4.25. The van der Waals surface area contributed by atoms with Gasteiger partial charge in [0, 0.05) is 11.8 Å². The van der Waals surface area contributed by atoms with Gasteiger partial charge in [0.1, 0.15) is 0 Å². The van der Waals surface area contributed by atoms with Crippen LogP contribution in [0.5, 0.6) is 0 Å². The summed E-state index contributed by atoms with van der Waals surface area (Å²) in [5.74, 6) is 5.96. The van der Waals surface area contributed by atoms with E-state index in [0.29, 0.717) is 5.57 Å². The second-order valence-corrected chi connectivity index (χ2v) is 4.36. The molecule has 0 aliphatic carbocycles. The Kier molecular flexibility index (Phi) is 4.53. The van der Waals surface area contributed by atoms with E-state index in [2.05, 4.69) is 35.1 Å². The van der Waals surface area contributed by atoms with Gasteiger partial charge in [-0.25, -0.2) is 9.50 Å². The average molecular weight is 275 g/mol. The van der Waals surface area contributed by atoms with E-state index in [0.717, 1.165) is 22.5 Å². The lowest BCUT2D eigenvalue weighted by molar-refractivity contribution is 0.936. The van der Waals surface area contributed by atoms with Crippen molar-refractivity contribution in [1.82, 2.24) is 14.6 Å². The van der Waals surface area contributed by atoms with Crippen LogP contribution in [0.4, 0.5) is 0 Å². The molecule has 0 bridgehead atoms. The fourth-order valence-electron chi connectivity index (χ4n) is 1.83. The molecule has 0 aromatic carbocycles. The second kappa shape index (κ2) is 6.53. The Hall–Kier alpha value is -2.86. The summed E-state index contributed by atoms with van der Waals surface area (Å²) < 4.78 is 1.72. The Morgan fingerprint density at radius 1 is 1.38 bits per heavy atom. The maximum absolute atomic E-state index is 4.65. The molecule has 0 radical (unpaired) electrons. The van der Waals surface area contributed by atoms with E-state index in [1.54, 1.807) is 16.8 Å². The topological polar surface area (TPSA) is 30.2 Å². The van der Waals surface area contributed by atoms with Crippen LogP contribution in [0.2, 0.25) is 0 Å². The van der Waals surface area contributed by atoms with E-state index in [-0.39, 0.29) is 0 Å². The molecule has 0 aliphatic rings. The molecular weight excluding hydrogens is 258 g/mol. The quantitative estimate of drug-likeness (QED) is 0.630. The van der Waals surface area contributed by atoms with Crippen molar-refractivity contribution in [3.63, 3.8) is 0 Å². The predicted octanol–water partition coefficient (Wildman–Crippen LogP) is 3.80. The van der Waals surface area contributed by atoms with Crippen LogP contribution in [0.3, 0.4) is 0 Å². The summed E-state index contributed by atoms with van der Waals surface area (Å²) in [6.45, 7) is 11.4. The first-order valence-corrected chi connectivity index (χ1v) is 6.66. The fraction of sp³-hybridized carbons (Fsp3) is 0.111. The summed E-state index contributed by atoms with van der Waals surface area (Å²) in [4.78, 5) is 4.65. The molecule has 0 aliphatic heterocycles. The highest BCUT2D eigenvalue weighted by molar-refractivity contribution is 5.73. The van der Waals surface area contributed by atoms with Crippen LogP contribution in [-0.4, -0.2) is 14.6 Å². The smallest absolute Gasteiger partial charge is 0.171 e. The Bertz CT molecular complexity index is 808. The van der Waals surface area contributed by atoms with Crippen molar-refractivity contribution in [3.05, 3.63) is 72.8 Å². The standard InChI is InChI=1S/C18H17N3/c1-5-8-15(7-3)17-11-12-21-18(20-17)16(13-19-21)10-9-14(4)6-2/h5-8,11-13H,2,4H2,1,3H3. The molecule has 2 aromatic heterocycles. The minimum Gasteiger partial charge on any atom is -0.227 e. The summed E-state index contributed by atoms with van der Waals surface area (Å²) in [6.07, 6.45) is 11.3. The fourth-order valence-corrected chi connectivity index (χ4v) is 1.83. The number of hydrogen-bond donors (Lipinski definition) is 0.